The van der Waals surface area contributed by atoms with Gasteiger partial charge in [-0.05, 0) is 61.4 Å². The van der Waals surface area contributed by atoms with Gasteiger partial charge in [0.2, 0.25) is 0 Å². The van der Waals surface area contributed by atoms with E-state index in [0.29, 0.717) is 25.6 Å². The lowest BCUT2D eigenvalue weighted by molar-refractivity contribution is -0.137. The molecule has 1 heterocycles. The van der Waals surface area contributed by atoms with E-state index in [1.54, 1.807) is 10.9 Å². The maximum atomic E-state index is 12.8. The average molecular weight is 466 g/mol. The number of nitrogens with one attached hydrogen (secondary N) is 2. The van der Waals surface area contributed by atoms with Crippen LogP contribution in [0.15, 0.2) is 65.8 Å². The third-order valence-electron chi connectivity index (χ3n) is 4.48. The Labute approximate surface area is 183 Å². The van der Waals surface area contributed by atoms with Gasteiger partial charge in [-0.3, -0.25) is 14.2 Å². The summed E-state index contributed by atoms with van der Waals surface area (Å²) in [6.45, 7) is 2.99. The molecule has 3 rings (SSSR count). The lowest BCUT2D eigenvalue weighted by atomic mass is 10.2. The number of nitrogens with zero attached hydrogens (tertiary/aromatic N) is 2. The summed E-state index contributed by atoms with van der Waals surface area (Å²) in [5.41, 5.74) is 0.131. The van der Waals surface area contributed by atoms with Gasteiger partial charge in [-0.1, -0.05) is 6.07 Å². The molecule has 0 fully saturated rings. The molecule has 0 aliphatic carbocycles. The van der Waals surface area contributed by atoms with Crippen LogP contribution in [0.5, 0.6) is 0 Å². The Hall–Kier alpha value is -3.34. The molecule has 0 aliphatic heterocycles. The maximum Gasteiger partial charge on any atom is 0.416 e. The Bertz CT molecular complexity index is 1190. The molecule has 2 aromatic carbocycles. The quantitative estimate of drug-likeness (QED) is 0.494. The predicted octanol–water partition coefficient (Wildman–Crippen LogP) is 3.83. The Kier molecular flexibility index (Phi) is 6.87. The number of carbonyl (C=O) groups excluding carboxylic acids is 1. The molecule has 0 radical (unpaired) electrons. The summed E-state index contributed by atoms with van der Waals surface area (Å²) in [7, 11) is -4.13. The van der Waals surface area contributed by atoms with Crippen LogP contribution < -0.4 is 10.0 Å². The molecule has 1 amide bonds. The number of aryl methyl sites for hydroxylation is 2. The monoisotopic (exact) mass is 466 g/mol. The number of amides is 1. The molecule has 0 saturated carbocycles. The SMILES string of the molecule is Cc1cnn(CCCNC(=O)c2ccc(S(=O)(=O)Nc3cccc(C(F)(F)F)c3)cc2)c1. The third kappa shape index (κ3) is 6.10. The van der Waals surface area contributed by atoms with Crippen molar-refractivity contribution >= 4 is 21.6 Å². The highest BCUT2D eigenvalue weighted by atomic mass is 32.2. The van der Waals surface area contributed by atoms with Crippen molar-refractivity contribution in [3.63, 3.8) is 0 Å². The van der Waals surface area contributed by atoms with Gasteiger partial charge in [0.05, 0.1) is 16.7 Å². The van der Waals surface area contributed by atoms with Gasteiger partial charge in [-0.15, -0.1) is 0 Å². The van der Waals surface area contributed by atoms with Gasteiger partial charge in [0.25, 0.3) is 15.9 Å². The molecule has 11 heteroatoms. The highest BCUT2D eigenvalue weighted by Crippen LogP contribution is 2.31. The Morgan fingerprint density at radius 1 is 1.12 bits per heavy atom. The van der Waals surface area contributed by atoms with E-state index >= 15 is 0 Å². The standard InChI is InChI=1S/C21H21F3N4O3S/c1-15-13-26-28(14-15)11-3-10-25-20(29)16-6-8-19(9-7-16)32(30,31)27-18-5-2-4-17(12-18)21(22,23)24/h2,4-9,12-14,27H,3,10-11H2,1H3,(H,25,29). The summed E-state index contributed by atoms with van der Waals surface area (Å²) in [4.78, 5) is 12.1. The van der Waals surface area contributed by atoms with Gasteiger partial charge in [-0.2, -0.15) is 18.3 Å². The first-order chi connectivity index (χ1) is 15.0. The number of carbonyl (C=O) groups is 1. The van der Waals surface area contributed by atoms with Crippen LogP contribution in [0.2, 0.25) is 0 Å². The summed E-state index contributed by atoms with van der Waals surface area (Å²) in [5.74, 6) is -0.364. The average Bonchev–Trinajstić information content (AvgIpc) is 3.15. The minimum absolute atomic E-state index is 0.180. The van der Waals surface area contributed by atoms with E-state index < -0.39 is 21.8 Å². The molecule has 0 saturated heterocycles. The van der Waals surface area contributed by atoms with E-state index in [2.05, 4.69) is 15.1 Å². The molecular weight excluding hydrogens is 445 g/mol. The minimum atomic E-state index is -4.59. The topological polar surface area (TPSA) is 93.1 Å². The predicted molar refractivity (Wildman–Crippen MR) is 113 cm³/mol. The lowest BCUT2D eigenvalue weighted by Gasteiger charge is -2.11. The van der Waals surface area contributed by atoms with Crippen molar-refractivity contribution in [2.45, 2.75) is 31.0 Å². The number of benzene rings is 2. The van der Waals surface area contributed by atoms with Crippen molar-refractivity contribution in [2.24, 2.45) is 0 Å². The molecule has 32 heavy (non-hydrogen) atoms. The summed E-state index contributed by atoms with van der Waals surface area (Å²) >= 11 is 0. The summed E-state index contributed by atoms with van der Waals surface area (Å²) in [5, 5.41) is 6.90. The van der Waals surface area contributed by atoms with Crippen LogP contribution in [-0.2, 0) is 22.7 Å². The minimum Gasteiger partial charge on any atom is -0.352 e. The number of halogens is 3. The molecule has 0 spiro atoms. The van der Waals surface area contributed by atoms with Gasteiger partial charge < -0.3 is 5.32 Å². The molecular formula is C21H21F3N4O3S. The molecule has 0 aliphatic rings. The van der Waals surface area contributed by atoms with Crippen molar-refractivity contribution in [3.8, 4) is 0 Å². The largest absolute Gasteiger partial charge is 0.416 e. The Morgan fingerprint density at radius 3 is 2.47 bits per heavy atom. The van der Waals surface area contributed by atoms with E-state index in [0.717, 1.165) is 17.7 Å². The normalized spacial score (nSPS) is 11.9. The second-order valence-corrected chi connectivity index (χ2v) is 8.78. The number of alkyl halides is 3. The zero-order valence-corrected chi connectivity index (χ0v) is 17.9. The zero-order chi connectivity index (χ0) is 23.4. The van der Waals surface area contributed by atoms with Crippen molar-refractivity contribution in [1.82, 2.24) is 15.1 Å². The number of aromatic nitrogens is 2. The molecule has 0 unspecified atom stereocenters. The van der Waals surface area contributed by atoms with Gasteiger partial charge in [0, 0.05) is 30.5 Å². The zero-order valence-electron chi connectivity index (χ0n) is 17.1. The molecule has 1 aromatic heterocycles. The van der Waals surface area contributed by atoms with Crippen LogP contribution >= 0.6 is 0 Å². The van der Waals surface area contributed by atoms with Crippen molar-refractivity contribution in [1.29, 1.82) is 0 Å². The number of sulfonamides is 1. The highest BCUT2D eigenvalue weighted by molar-refractivity contribution is 7.92. The van der Waals surface area contributed by atoms with Gasteiger partial charge >= 0.3 is 6.18 Å². The number of hydrogen-bond donors (Lipinski definition) is 2. The summed E-state index contributed by atoms with van der Waals surface area (Å²) in [6.07, 6.45) is -0.279. The molecule has 2 N–H and O–H groups in total. The van der Waals surface area contributed by atoms with Crippen molar-refractivity contribution in [2.75, 3.05) is 11.3 Å². The van der Waals surface area contributed by atoms with Crippen LogP contribution in [0.3, 0.4) is 0 Å². The molecule has 0 atom stereocenters. The van der Waals surface area contributed by atoms with Gasteiger partial charge in [-0.25, -0.2) is 8.42 Å². The second kappa shape index (κ2) is 9.43. The highest BCUT2D eigenvalue weighted by Gasteiger charge is 2.30. The van der Waals surface area contributed by atoms with Gasteiger partial charge in [0.15, 0.2) is 0 Å². The first kappa shape index (κ1) is 23.3. The van der Waals surface area contributed by atoms with E-state index in [4.69, 9.17) is 0 Å². The van der Waals surface area contributed by atoms with Crippen LogP contribution in [0.1, 0.15) is 27.9 Å². The summed E-state index contributed by atoms with van der Waals surface area (Å²) < 4.78 is 67.3. The fraction of sp³-hybridized carbons (Fsp3) is 0.238. The number of rotatable bonds is 8. The second-order valence-electron chi connectivity index (χ2n) is 7.10. The van der Waals surface area contributed by atoms with Crippen LogP contribution in [0.25, 0.3) is 0 Å². The molecule has 3 aromatic rings. The molecule has 0 bridgehead atoms. The Morgan fingerprint density at radius 2 is 1.84 bits per heavy atom. The maximum absolute atomic E-state index is 12.8. The van der Waals surface area contributed by atoms with E-state index in [1.165, 1.54) is 30.3 Å². The van der Waals surface area contributed by atoms with Gasteiger partial charge in [0.1, 0.15) is 0 Å². The molecule has 170 valence electrons. The molecule has 7 nitrogen and oxygen atoms in total. The number of anilines is 1. The van der Waals surface area contributed by atoms with Crippen molar-refractivity contribution < 1.29 is 26.4 Å². The fourth-order valence-electron chi connectivity index (χ4n) is 2.89. The summed E-state index contributed by atoms with van der Waals surface area (Å²) in [6, 6.07) is 9.01. The Balaban J connectivity index is 1.58. The van der Waals surface area contributed by atoms with Crippen LogP contribution in [0.4, 0.5) is 18.9 Å². The smallest absolute Gasteiger partial charge is 0.352 e. The van der Waals surface area contributed by atoms with Crippen LogP contribution in [-0.4, -0.2) is 30.7 Å². The lowest BCUT2D eigenvalue weighted by Crippen LogP contribution is -2.25. The first-order valence-electron chi connectivity index (χ1n) is 9.62. The fourth-order valence-corrected chi connectivity index (χ4v) is 3.94. The van der Waals surface area contributed by atoms with Crippen LogP contribution in [0, 0.1) is 6.92 Å². The third-order valence-corrected chi connectivity index (χ3v) is 5.88. The number of hydrogen-bond acceptors (Lipinski definition) is 4. The van der Waals surface area contributed by atoms with E-state index in [1.807, 2.05) is 13.1 Å². The van der Waals surface area contributed by atoms with E-state index in [9.17, 15) is 26.4 Å². The first-order valence-corrected chi connectivity index (χ1v) is 11.1. The van der Waals surface area contributed by atoms with E-state index in [-0.39, 0.29) is 22.1 Å². The van der Waals surface area contributed by atoms with Crippen molar-refractivity contribution in [3.05, 3.63) is 77.6 Å².